The molecular weight excluding hydrogens is 414 g/mol. The molecule has 0 amide bonds. The van der Waals surface area contributed by atoms with Crippen molar-refractivity contribution in [3.8, 4) is 23.3 Å². The van der Waals surface area contributed by atoms with Gasteiger partial charge in [0, 0.05) is 11.1 Å². The van der Waals surface area contributed by atoms with Crippen molar-refractivity contribution in [3.63, 3.8) is 0 Å². The molecule has 6 nitrogen and oxygen atoms in total. The van der Waals surface area contributed by atoms with E-state index in [-0.39, 0.29) is 0 Å². The monoisotopic (exact) mass is 437 g/mol. The zero-order chi connectivity index (χ0) is 23.4. The van der Waals surface area contributed by atoms with Crippen molar-refractivity contribution in [2.24, 2.45) is 10.7 Å². The molecule has 0 aromatic heterocycles. The number of hydrogen-bond acceptors (Lipinski definition) is 6. The van der Waals surface area contributed by atoms with Gasteiger partial charge < -0.3 is 19.9 Å². The summed E-state index contributed by atoms with van der Waals surface area (Å²) < 4.78 is 15.9. The fourth-order valence-electron chi connectivity index (χ4n) is 3.76. The average Bonchev–Trinajstić information content (AvgIpc) is 3.21. The van der Waals surface area contributed by atoms with Gasteiger partial charge in [0.1, 0.15) is 29.2 Å². The highest BCUT2D eigenvalue weighted by Gasteiger charge is 2.28. The van der Waals surface area contributed by atoms with E-state index in [1.165, 1.54) is 0 Å². The Labute approximate surface area is 192 Å². The van der Waals surface area contributed by atoms with Gasteiger partial charge in [0.25, 0.3) is 0 Å². The maximum absolute atomic E-state index is 10.1. The molecule has 4 rings (SSSR count). The number of ether oxygens (including phenoxy) is 3. The van der Waals surface area contributed by atoms with Crippen molar-refractivity contribution in [1.82, 2.24) is 0 Å². The molecule has 2 N–H and O–H groups in total. The number of methoxy groups -OCH3 is 3. The molecule has 1 aliphatic rings. The molecule has 6 heteroatoms. The first-order valence-electron chi connectivity index (χ1n) is 10.3. The Bertz CT molecular complexity index is 1290. The summed E-state index contributed by atoms with van der Waals surface area (Å²) >= 11 is 0. The van der Waals surface area contributed by atoms with Crippen molar-refractivity contribution in [2.45, 2.75) is 0 Å². The van der Waals surface area contributed by atoms with Gasteiger partial charge in [0.2, 0.25) is 0 Å². The summed E-state index contributed by atoms with van der Waals surface area (Å²) in [5, 5.41) is 10.1. The van der Waals surface area contributed by atoms with Crippen LogP contribution in [0, 0.1) is 11.3 Å². The summed E-state index contributed by atoms with van der Waals surface area (Å²) in [5.74, 6) is 2.53. The van der Waals surface area contributed by atoms with Crippen molar-refractivity contribution < 1.29 is 14.2 Å². The topological polar surface area (TPSA) is 89.9 Å². The van der Waals surface area contributed by atoms with Crippen LogP contribution in [0.15, 0.2) is 83.5 Å². The van der Waals surface area contributed by atoms with Gasteiger partial charge in [-0.3, -0.25) is 0 Å². The van der Waals surface area contributed by atoms with Crippen molar-refractivity contribution in [2.75, 3.05) is 21.3 Å². The first-order valence-corrected chi connectivity index (χ1v) is 10.3. The molecule has 0 unspecified atom stereocenters. The normalized spacial score (nSPS) is 14.4. The Morgan fingerprint density at radius 2 is 1.12 bits per heavy atom. The summed E-state index contributed by atoms with van der Waals surface area (Å²) in [6.07, 6.45) is 0. The third kappa shape index (κ3) is 4.17. The Kier molecular flexibility index (Phi) is 6.14. The largest absolute Gasteiger partial charge is 0.497 e. The van der Waals surface area contributed by atoms with Crippen LogP contribution in [0.1, 0.15) is 16.7 Å². The Hall–Kier alpha value is -4.50. The van der Waals surface area contributed by atoms with E-state index >= 15 is 0 Å². The standard InChI is InChI=1S/C27H23N3O3/c1-31-20-10-4-17(5-11-20)23(16-28)26-24(18-6-12-21(32-2)13-7-18)25(27(29)30-26)19-8-14-22(33-3)15-9-19/h4-15H,1-3H3,(H2,29,30)/b26-23-. The quantitative estimate of drug-likeness (QED) is 0.552. The lowest BCUT2D eigenvalue weighted by Crippen LogP contribution is -2.11. The zero-order valence-corrected chi connectivity index (χ0v) is 18.6. The molecule has 0 saturated carbocycles. The molecule has 33 heavy (non-hydrogen) atoms. The van der Waals surface area contributed by atoms with Crippen LogP contribution < -0.4 is 19.9 Å². The molecule has 0 radical (unpaired) electrons. The van der Waals surface area contributed by atoms with Crippen LogP contribution in [0.4, 0.5) is 0 Å². The molecule has 164 valence electrons. The van der Waals surface area contributed by atoms with E-state index in [9.17, 15) is 5.26 Å². The summed E-state index contributed by atoms with van der Waals surface area (Å²) in [4.78, 5) is 4.66. The number of benzene rings is 3. The van der Waals surface area contributed by atoms with Crippen LogP contribution in [-0.4, -0.2) is 27.2 Å². The van der Waals surface area contributed by atoms with Crippen molar-refractivity contribution >= 4 is 22.6 Å². The van der Waals surface area contributed by atoms with Gasteiger partial charge in [-0.2, -0.15) is 5.26 Å². The molecule has 0 atom stereocenters. The smallest absolute Gasteiger partial charge is 0.132 e. The molecular formula is C27H23N3O3. The Balaban J connectivity index is 1.97. The van der Waals surface area contributed by atoms with Gasteiger partial charge >= 0.3 is 0 Å². The highest BCUT2D eigenvalue weighted by Crippen LogP contribution is 2.42. The van der Waals surface area contributed by atoms with Crippen LogP contribution in [0.5, 0.6) is 17.2 Å². The van der Waals surface area contributed by atoms with Crippen LogP contribution in [0.25, 0.3) is 16.7 Å². The maximum atomic E-state index is 10.1. The minimum absolute atomic E-state index is 0.349. The first-order chi connectivity index (χ1) is 16.1. The van der Waals surface area contributed by atoms with Crippen molar-refractivity contribution in [1.29, 1.82) is 5.26 Å². The summed E-state index contributed by atoms with van der Waals surface area (Å²) in [5.41, 5.74) is 11.4. The minimum Gasteiger partial charge on any atom is -0.497 e. The molecule has 1 aliphatic heterocycles. The summed E-state index contributed by atoms with van der Waals surface area (Å²) in [6.45, 7) is 0. The van der Waals surface area contributed by atoms with E-state index in [1.807, 2.05) is 72.8 Å². The highest BCUT2D eigenvalue weighted by atomic mass is 16.5. The van der Waals surface area contributed by atoms with E-state index in [0.717, 1.165) is 39.3 Å². The van der Waals surface area contributed by atoms with E-state index < -0.39 is 0 Å². The first kappa shape index (κ1) is 21.7. The SMILES string of the molecule is COc1ccc(C2=C(c3ccc(OC)cc3)/C(=C(\C#N)c3ccc(OC)cc3)N=C2N)cc1. The molecule has 0 fully saturated rings. The number of amidine groups is 1. The number of allylic oxidation sites excluding steroid dienone is 2. The van der Waals surface area contributed by atoms with E-state index in [4.69, 9.17) is 19.9 Å². The van der Waals surface area contributed by atoms with Crippen LogP contribution in [0.2, 0.25) is 0 Å². The fraction of sp³-hybridized carbons (Fsp3) is 0.111. The van der Waals surface area contributed by atoms with Crippen LogP contribution in [0.3, 0.4) is 0 Å². The van der Waals surface area contributed by atoms with Crippen LogP contribution in [-0.2, 0) is 0 Å². The lowest BCUT2D eigenvalue weighted by Gasteiger charge is -2.12. The molecule has 0 saturated heterocycles. The average molecular weight is 437 g/mol. The third-order valence-corrected chi connectivity index (χ3v) is 5.46. The third-order valence-electron chi connectivity index (χ3n) is 5.46. The number of hydrogen-bond donors (Lipinski definition) is 1. The predicted octanol–water partition coefficient (Wildman–Crippen LogP) is 4.93. The predicted molar refractivity (Wildman–Crippen MR) is 130 cm³/mol. The Morgan fingerprint density at radius 3 is 1.55 bits per heavy atom. The van der Waals surface area contributed by atoms with Crippen molar-refractivity contribution in [3.05, 3.63) is 95.2 Å². The van der Waals surface area contributed by atoms with Gasteiger partial charge in [0.05, 0.1) is 32.6 Å². The van der Waals surface area contributed by atoms with Gasteiger partial charge in [-0.15, -0.1) is 0 Å². The van der Waals surface area contributed by atoms with E-state index in [2.05, 4.69) is 11.1 Å². The zero-order valence-electron chi connectivity index (χ0n) is 18.6. The summed E-state index contributed by atoms with van der Waals surface area (Å²) in [6, 6.07) is 24.9. The number of aliphatic imine (C=N–C) groups is 1. The van der Waals surface area contributed by atoms with E-state index in [1.54, 1.807) is 21.3 Å². The molecule has 3 aromatic rings. The maximum Gasteiger partial charge on any atom is 0.132 e. The summed E-state index contributed by atoms with van der Waals surface area (Å²) in [7, 11) is 4.85. The van der Waals surface area contributed by atoms with Crippen LogP contribution >= 0.6 is 0 Å². The molecule has 0 bridgehead atoms. The van der Waals surface area contributed by atoms with Gasteiger partial charge in [-0.1, -0.05) is 24.3 Å². The molecule has 0 spiro atoms. The molecule has 0 aliphatic carbocycles. The molecule has 1 heterocycles. The number of nitrogens with two attached hydrogens (primary N) is 1. The van der Waals surface area contributed by atoms with E-state index in [0.29, 0.717) is 22.9 Å². The fourth-order valence-corrected chi connectivity index (χ4v) is 3.76. The van der Waals surface area contributed by atoms with Gasteiger partial charge in [-0.05, 0) is 65.2 Å². The highest BCUT2D eigenvalue weighted by molar-refractivity contribution is 6.35. The number of nitrogens with zero attached hydrogens (tertiary/aromatic N) is 2. The lowest BCUT2D eigenvalue weighted by atomic mass is 9.91. The number of nitriles is 1. The lowest BCUT2D eigenvalue weighted by molar-refractivity contribution is 0.414. The minimum atomic E-state index is 0.349. The van der Waals surface area contributed by atoms with Gasteiger partial charge in [-0.25, -0.2) is 4.99 Å². The second kappa shape index (κ2) is 9.33. The Morgan fingerprint density at radius 1 is 0.697 bits per heavy atom. The second-order valence-corrected chi connectivity index (χ2v) is 7.27. The second-order valence-electron chi connectivity index (χ2n) is 7.27. The molecule has 3 aromatic carbocycles. The van der Waals surface area contributed by atoms with Gasteiger partial charge in [0.15, 0.2) is 0 Å². The number of rotatable bonds is 6.